The summed E-state index contributed by atoms with van der Waals surface area (Å²) in [6.07, 6.45) is 1.71. The largest absolute Gasteiger partial charge is 0.367 e. The molecule has 0 unspecified atom stereocenters. The average Bonchev–Trinajstić information content (AvgIpc) is 2.19. The first-order valence-electron chi connectivity index (χ1n) is 4.65. The second-order valence-electron chi connectivity index (χ2n) is 2.87. The molecule has 2 N–H and O–H groups in total. The maximum atomic E-state index is 11.9. The van der Waals surface area contributed by atoms with Gasteiger partial charge in [0.05, 0.1) is 0 Å². The van der Waals surface area contributed by atoms with Crippen molar-refractivity contribution >= 4 is 11.8 Å². The zero-order chi connectivity index (χ0) is 10.4. The summed E-state index contributed by atoms with van der Waals surface area (Å²) in [5.74, 6) is 1.26. The van der Waals surface area contributed by atoms with E-state index in [9.17, 15) is 4.39 Å². The zero-order valence-electron chi connectivity index (χ0n) is 8.47. The zero-order valence-corrected chi connectivity index (χ0v) is 8.47. The molecule has 78 valence electrons. The van der Waals surface area contributed by atoms with Crippen LogP contribution >= 0.6 is 0 Å². The highest BCUT2D eigenvalue weighted by Crippen LogP contribution is 2.11. The highest BCUT2D eigenvalue weighted by atomic mass is 19.1. The van der Waals surface area contributed by atoms with Crippen molar-refractivity contribution in [3.8, 4) is 0 Å². The molecule has 0 atom stereocenters. The van der Waals surface area contributed by atoms with Crippen LogP contribution in [0.15, 0.2) is 6.20 Å². The Labute approximate surface area is 83.0 Å². The van der Waals surface area contributed by atoms with Crippen LogP contribution in [0.2, 0.25) is 0 Å². The first kappa shape index (κ1) is 10.7. The lowest BCUT2D eigenvalue weighted by Crippen LogP contribution is -2.09. The number of hydrogen-bond donors (Lipinski definition) is 2. The number of anilines is 2. The molecule has 0 fully saturated rings. The number of hydrogen-bond acceptors (Lipinski definition) is 4. The van der Waals surface area contributed by atoms with Crippen LogP contribution in [0.25, 0.3) is 0 Å². The summed E-state index contributed by atoms with van der Waals surface area (Å²) < 4.78 is 11.9. The third-order valence-corrected chi connectivity index (χ3v) is 1.69. The molecule has 4 nitrogen and oxygen atoms in total. The van der Waals surface area contributed by atoms with Gasteiger partial charge in [0.2, 0.25) is 5.95 Å². The van der Waals surface area contributed by atoms with E-state index >= 15 is 0 Å². The lowest BCUT2D eigenvalue weighted by molar-refractivity contribution is 0.512. The van der Waals surface area contributed by atoms with Gasteiger partial charge < -0.3 is 10.6 Å². The molecule has 1 heterocycles. The summed E-state index contributed by atoms with van der Waals surface area (Å²) in [6.45, 7) is 4.50. The molecule has 14 heavy (non-hydrogen) atoms. The molecule has 0 aliphatic heterocycles. The highest BCUT2D eigenvalue weighted by Gasteiger charge is 2.01. The molecule has 1 aromatic rings. The van der Waals surface area contributed by atoms with Gasteiger partial charge in [-0.15, -0.1) is 0 Å². The van der Waals surface area contributed by atoms with E-state index in [1.165, 1.54) is 0 Å². The number of aryl methyl sites for hydroxylation is 1. The number of nitrogens with one attached hydrogen (secondary N) is 2. The average molecular weight is 198 g/mol. The van der Waals surface area contributed by atoms with Gasteiger partial charge in [0.25, 0.3) is 0 Å². The van der Waals surface area contributed by atoms with Crippen LogP contribution < -0.4 is 10.6 Å². The molecular formula is C9H15FN4. The van der Waals surface area contributed by atoms with E-state index < -0.39 is 6.67 Å². The van der Waals surface area contributed by atoms with Crippen molar-refractivity contribution in [2.75, 3.05) is 30.4 Å². The van der Waals surface area contributed by atoms with Crippen molar-refractivity contribution in [1.82, 2.24) is 9.97 Å². The molecule has 0 saturated carbocycles. The first-order valence-corrected chi connectivity index (χ1v) is 4.65. The van der Waals surface area contributed by atoms with Gasteiger partial charge in [0.1, 0.15) is 12.5 Å². The minimum atomic E-state index is -0.403. The van der Waals surface area contributed by atoms with Gasteiger partial charge >= 0.3 is 0 Å². The smallest absolute Gasteiger partial charge is 0.224 e. The molecule has 0 bridgehead atoms. The van der Waals surface area contributed by atoms with Gasteiger partial charge in [0, 0.05) is 24.8 Å². The van der Waals surface area contributed by atoms with Crippen molar-refractivity contribution in [2.45, 2.75) is 13.8 Å². The van der Waals surface area contributed by atoms with Crippen molar-refractivity contribution in [1.29, 1.82) is 0 Å². The fourth-order valence-electron chi connectivity index (χ4n) is 1.03. The van der Waals surface area contributed by atoms with Crippen LogP contribution in [0.5, 0.6) is 0 Å². The molecular weight excluding hydrogens is 183 g/mol. The van der Waals surface area contributed by atoms with Crippen LogP contribution in [0, 0.1) is 6.92 Å². The number of aromatic nitrogens is 2. The van der Waals surface area contributed by atoms with Gasteiger partial charge in [0.15, 0.2) is 0 Å². The summed E-state index contributed by atoms with van der Waals surface area (Å²) in [7, 11) is 0. The lowest BCUT2D eigenvalue weighted by Gasteiger charge is -2.08. The van der Waals surface area contributed by atoms with E-state index in [1.54, 1.807) is 6.20 Å². The summed E-state index contributed by atoms with van der Waals surface area (Å²) in [5, 5.41) is 5.89. The van der Waals surface area contributed by atoms with Gasteiger partial charge in [-0.05, 0) is 13.8 Å². The van der Waals surface area contributed by atoms with Crippen molar-refractivity contribution in [3.63, 3.8) is 0 Å². The fraction of sp³-hybridized carbons (Fsp3) is 0.556. The maximum absolute atomic E-state index is 11.9. The quantitative estimate of drug-likeness (QED) is 0.754. The molecule has 0 aromatic carbocycles. The summed E-state index contributed by atoms with van der Waals surface area (Å²) >= 11 is 0. The van der Waals surface area contributed by atoms with E-state index in [4.69, 9.17) is 0 Å². The minimum Gasteiger partial charge on any atom is -0.367 e. The Hall–Kier alpha value is -1.39. The van der Waals surface area contributed by atoms with Crippen LogP contribution in [-0.4, -0.2) is 29.7 Å². The number of rotatable bonds is 5. The SMILES string of the molecule is CCNc1ncc(C)c(NCCF)n1. The fourth-order valence-corrected chi connectivity index (χ4v) is 1.03. The standard InChI is InChI=1S/C9H15FN4/c1-3-11-9-13-6-7(2)8(14-9)12-5-4-10/h6H,3-5H2,1-2H3,(H2,11,12,13,14). The first-order chi connectivity index (χ1) is 6.77. The molecule has 0 radical (unpaired) electrons. The Morgan fingerprint density at radius 1 is 1.43 bits per heavy atom. The van der Waals surface area contributed by atoms with Crippen LogP contribution in [0.3, 0.4) is 0 Å². The predicted molar refractivity (Wildman–Crippen MR) is 55.4 cm³/mol. The van der Waals surface area contributed by atoms with E-state index in [-0.39, 0.29) is 6.54 Å². The molecule has 0 amide bonds. The molecule has 0 spiro atoms. The van der Waals surface area contributed by atoms with Gasteiger partial charge in [-0.1, -0.05) is 0 Å². The van der Waals surface area contributed by atoms with Crippen molar-refractivity contribution in [3.05, 3.63) is 11.8 Å². The second-order valence-corrected chi connectivity index (χ2v) is 2.87. The lowest BCUT2D eigenvalue weighted by atomic mass is 10.3. The number of alkyl halides is 1. The Kier molecular flexibility index (Phi) is 4.10. The van der Waals surface area contributed by atoms with Crippen molar-refractivity contribution in [2.24, 2.45) is 0 Å². The molecule has 0 aliphatic rings. The van der Waals surface area contributed by atoms with Crippen LogP contribution in [0.4, 0.5) is 16.2 Å². The Balaban J connectivity index is 2.74. The number of halogens is 1. The predicted octanol–water partition coefficient (Wildman–Crippen LogP) is 1.60. The molecule has 1 rings (SSSR count). The third-order valence-electron chi connectivity index (χ3n) is 1.69. The summed E-state index contributed by atoms with van der Waals surface area (Å²) in [5.41, 5.74) is 0.917. The summed E-state index contributed by atoms with van der Waals surface area (Å²) in [6, 6.07) is 0. The Morgan fingerprint density at radius 2 is 2.21 bits per heavy atom. The highest BCUT2D eigenvalue weighted by molar-refractivity contribution is 5.46. The van der Waals surface area contributed by atoms with E-state index in [0.717, 1.165) is 12.1 Å². The molecule has 5 heteroatoms. The van der Waals surface area contributed by atoms with Crippen LogP contribution in [0.1, 0.15) is 12.5 Å². The Bertz CT molecular complexity index is 290. The van der Waals surface area contributed by atoms with E-state index in [2.05, 4.69) is 20.6 Å². The monoisotopic (exact) mass is 198 g/mol. The van der Waals surface area contributed by atoms with Gasteiger partial charge in [-0.2, -0.15) is 4.98 Å². The summed E-state index contributed by atoms with van der Waals surface area (Å²) in [4.78, 5) is 8.28. The van der Waals surface area contributed by atoms with E-state index in [0.29, 0.717) is 11.8 Å². The second kappa shape index (κ2) is 5.36. The number of nitrogens with zero attached hydrogens (tertiary/aromatic N) is 2. The molecule has 1 aromatic heterocycles. The molecule has 0 aliphatic carbocycles. The topological polar surface area (TPSA) is 49.8 Å². The normalized spacial score (nSPS) is 9.93. The van der Waals surface area contributed by atoms with Crippen LogP contribution in [-0.2, 0) is 0 Å². The van der Waals surface area contributed by atoms with Gasteiger partial charge in [-0.25, -0.2) is 9.37 Å². The minimum absolute atomic E-state index is 0.281. The van der Waals surface area contributed by atoms with Crippen molar-refractivity contribution < 1.29 is 4.39 Å². The molecule has 0 saturated heterocycles. The maximum Gasteiger partial charge on any atom is 0.224 e. The Morgan fingerprint density at radius 3 is 2.86 bits per heavy atom. The van der Waals surface area contributed by atoms with Gasteiger partial charge in [-0.3, -0.25) is 0 Å². The van der Waals surface area contributed by atoms with E-state index in [1.807, 2.05) is 13.8 Å². The third kappa shape index (κ3) is 2.83.